The third-order valence-corrected chi connectivity index (χ3v) is 6.22. The minimum atomic E-state index is -0.534. The molecule has 0 saturated carbocycles. The maximum Gasteiger partial charge on any atom is 0.343 e. The van der Waals surface area contributed by atoms with Crippen molar-refractivity contribution in [3.05, 3.63) is 58.6 Å². The van der Waals surface area contributed by atoms with Crippen molar-refractivity contribution in [2.45, 2.75) is 78.6 Å². The zero-order valence-electron chi connectivity index (χ0n) is 21.3. The largest absolute Gasteiger partial charge is 0.494 e. The fourth-order valence-electron chi connectivity index (χ4n) is 3.40. The second-order valence-electron chi connectivity index (χ2n) is 8.99. The summed E-state index contributed by atoms with van der Waals surface area (Å²) in [6.45, 7) is 7.30. The minimum Gasteiger partial charge on any atom is -0.494 e. The molecule has 0 aliphatic carbocycles. The molecule has 1 atom stereocenters. The van der Waals surface area contributed by atoms with Gasteiger partial charge in [-0.3, -0.25) is 0 Å². The summed E-state index contributed by atoms with van der Waals surface area (Å²) < 4.78 is 16.5. The van der Waals surface area contributed by atoms with Crippen LogP contribution >= 0.6 is 11.6 Å². The Labute approximate surface area is 215 Å². The molecule has 0 aliphatic heterocycles. The Morgan fingerprint density at radius 1 is 0.829 bits per heavy atom. The molecule has 0 heterocycles. The van der Waals surface area contributed by atoms with Crippen LogP contribution in [0.1, 0.15) is 99.3 Å². The highest BCUT2D eigenvalue weighted by molar-refractivity contribution is 6.32. The number of hydrogen-bond acceptors (Lipinski definition) is 5. The van der Waals surface area contributed by atoms with Gasteiger partial charge >= 0.3 is 11.9 Å². The molecule has 0 bridgehead atoms. The van der Waals surface area contributed by atoms with E-state index in [2.05, 4.69) is 6.92 Å². The molecule has 192 valence electrons. The Bertz CT molecular complexity index is 910. The first-order chi connectivity index (χ1) is 16.9. The molecule has 0 amide bonds. The Hall–Kier alpha value is -2.53. The Balaban J connectivity index is 1.76. The minimum absolute atomic E-state index is 0.168. The second kappa shape index (κ2) is 16.2. The van der Waals surface area contributed by atoms with Crippen molar-refractivity contribution >= 4 is 23.5 Å². The van der Waals surface area contributed by atoms with Crippen LogP contribution in [0, 0.1) is 5.92 Å². The van der Waals surface area contributed by atoms with Crippen LogP contribution in [0.25, 0.3) is 0 Å². The van der Waals surface area contributed by atoms with Gasteiger partial charge < -0.3 is 14.2 Å². The maximum atomic E-state index is 12.5. The van der Waals surface area contributed by atoms with E-state index in [0.29, 0.717) is 24.3 Å². The van der Waals surface area contributed by atoms with Crippen molar-refractivity contribution in [2.24, 2.45) is 5.92 Å². The average molecular weight is 503 g/mol. The van der Waals surface area contributed by atoms with Crippen LogP contribution in [0.15, 0.2) is 42.5 Å². The van der Waals surface area contributed by atoms with Crippen LogP contribution in [0.4, 0.5) is 0 Å². The highest BCUT2D eigenvalue weighted by Gasteiger charge is 2.15. The van der Waals surface area contributed by atoms with Crippen LogP contribution in [-0.4, -0.2) is 25.2 Å². The zero-order chi connectivity index (χ0) is 25.5. The van der Waals surface area contributed by atoms with E-state index >= 15 is 0 Å². The lowest BCUT2D eigenvalue weighted by Crippen LogP contribution is -2.12. The topological polar surface area (TPSA) is 61.8 Å². The van der Waals surface area contributed by atoms with E-state index < -0.39 is 11.9 Å². The fraction of sp³-hybridized carbons (Fsp3) is 0.517. The van der Waals surface area contributed by atoms with Crippen molar-refractivity contribution in [1.29, 1.82) is 0 Å². The van der Waals surface area contributed by atoms with Gasteiger partial charge in [0, 0.05) is 0 Å². The summed E-state index contributed by atoms with van der Waals surface area (Å²) in [5.74, 6) is 0.214. The van der Waals surface area contributed by atoms with Crippen LogP contribution in [0.5, 0.6) is 11.5 Å². The molecule has 2 aromatic rings. The predicted octanol–water partition coefficient (Wildman–Crippen LogP) is 8.28. The van der Waals surface area contributed by atoms with E-state index in [1.165, 1.54) is 63.1 Å². The van der Waals surface area contributed by atoms with Crippen molar-refractivity contribution in [3.8, 4) is 11.5 Å². The van der Waals surface area contributed by atoms with E-state index in [4.69, 9.17) is 25.8 Å². The lowest BCUT2D eigenvalue weighted by Gasteiger charge is -2.11. The van der Waals surface area contributed by atoms with Crippen LogP contribution < -0.4 is 9.47 Å². The molecule has 2 aromatic carbocycles. The summed E-state index contributed by atoms with van der Waals surface area (Å²) in [6, 6.07) is 11.3. The molecule has 5 nitrogen and oxygen atoms in total. The van der Waals surface area contributed by atoms with Gasteiger partial charge in [-0.15, -0.1) is 0 Å². The van der Waals surface area contributed by atoms with E-state index in [1.54, 1.807) is 24.3 Å². The third kappa shape index (κ3) is 10.7. The fourth-order valence-corrected chi connectivity index (χ4v) is 3.62. The molecule has 0 saturated heterocycles. The molecule has 0 fully saturated rings. The van der Waals surface area contributed by atoms with E-state index in [9.17, 15) is 9.59 Å². The van der Waals surface area contributed by atoms with Crippen molar-refractivity contribution in [3.63, 3.8) is 0 Å². The van der Waals surface area contributed by atoms with Crippen LogP contribution in [-0.2, 0) is 4.74 Å². The molecular weight excluding hydrogens is 464 g/mol. The normalized spacial score (nSPS) is 11.7. The maximum absolute atomic E-state index is 12.5. The van der Waals surface area contributed by atoms with Crippen molar-refractivity contribution in [2.75, 3.05) is 13.2 Å². The summed E-state index contributed by atoms with van der Waals surface area (Å²) in [4.78, 5) is 24.7. The predicted molar refractivity (Wildman–Crippen MR) is 141 cm³/mol. The average Bonchev–Trinajstić information content (AvgIpc) is 2.87. The highest BCUT2D eigenvalue weighted by Crippen LogP contribution is 2.27. The first-order valence-electron chi connectivity index (χ1n) is 12.9. The summed E-state index contributed by atoms with van der Waals surface area (Å²) in [7, 11) is 0. The number of halogens is 1. The van der Waals surface area contributed by atoms with E-state index in [0.717, 1.165) is 18.6 Å². The standard InChI is InChI=1S/C29H39ClO5/c1-4-6-7-8-9-10-11-12-19-33-25-16-13-23(14-17-25)29(32)35-27-18-15-24(20-26(27)30)28(31)34-21-22(3)5-2/h13-18,20,22H,4-12,19,21H2,1-3H3/t22-/m0/s1. The first kappa shape index (κ1) is 28.7. The lowest BCUT2D eigenvalue weighted by molar-refractivity contribution is 0.0447. The quantitative estimate of drug-likeness (QED) is 0.131. The Kier molecular flexibility index (Phi) is 13.3. The SMILES string of the molecule is CCCCCCCCCCOc1ccc(C(=O)Oc2ccc(C(=O)OC[C@@H](C)CC)cc2Cl)cc1. The summed E-state index contributed by atoms with van der Waals surface area (Å²) >= 11 is 6.24. The van der Waals surface area contributed by atoms with Gasteiger partial charge in [0.2, 0.25) is 0 Å². The summed E-state index contributed by atoms with van der Waals surface area (Å²) in [5, 5.41) is 0.168. The molecular formula is C29H39ClO5. The van der Waals surface area contributed by atoms with Crippen molar-refractivity contribution in [1.82, 2.24) is 0 Å². The molecule has 0 radical (unpaired) electrons. The third-order valence-electron chi connectivity index (χ3n) is 5.92. The molecule has 0 unspecified atom stereocenters. The Morgan fingerprint density at radius 2 is 1.46 bits per heavy atom. The zero-order valence-corrected chi connectivity index (χ0v) is 22.1. The Morgan fingerprint density at radius 3 is 2.09 bits per heavy atom. The van der Waals surface area contributed by atoms with Gasteiger partial charge in [0.15, 0.2) is 0 Å². The molecule has 6 heteroatoms. The smallest absolute Gasteiger partial charge is 0.343 e. The number of rotatable bonds is 16. The van der Waals surface area contributed by atoms with Gasteiger partial charge in [-0.1, -0.05) is 83.7 Å². The van der Waals surface area contributed by atoms with Gasteiger partial charge in [0.1, 0.15) is 11.5 Å². The van der Waals surface area contributed by atoms with Gasteiger partial charge in [-0.2, -0.15) is 0 Å². The number of carbonyl (C=O) groups excluding carboxylic acids is 2. The van der Waals surface area contributed by atoms with Crippen molar-refractivity contribution < 1.29 is 23.8 Å². The second-order valence-corrected chi connectivity index (χ2v) is 9.40. The van der Waals surface area contributed by atoms with E-state index in [1.807, 2.05) is 13.8 Å². The van der Waals surface area contributed by atoms with Crippen LogP contribution in [0.3, 0.4) is 0 Å². The number of unbranched alkanes of at least 4 members (excludes halogenated alkanes) is 7. The molecule has 2 rings (SSSR count). The molecule has 0 N–H and O–H groups in total. The number of hydrogen-bond donors (Lipinski definition) is 0. The number of esters is 2. The number of carbonyl (C=O) groups is 2. The lowest BCUT2D eigenvalue weighted by atomic mass is 10.1. The summed E-state index contributed by atoms with van der Waals surface area (Å²) in [5.41, 5.74) is 0.702. The highest BCUT2D eigenvalue weighted by atomic mass is 35.5. The monoisotopic (exact) mass is 502 g/mol. The summed E-state index contributed by atoms with van der Waals surface area (Å²) in [6.07, 6.45) is 11.0. The molecule has 35 heavy (non-hydrogen) atoms. The number of ether oxygens (including phenoxy) is 3. The van der Waals surface area contributed by atoms with Gasteiger partial charge in [0.25, 0.3) is 0 Å². The van der Waals surface area contributed by atoms with Gasteiger partial charge in [-0.05, 0) is 54.8 Å². The van der Waals surface area contributed by atoms with Gasteiger partial charge in [0.05, 0.1) is 29.4 Å². The molecule has 0 aliphatic rings. The van der Waals surface area contributed by atoms with E-state index in [-0.39, 0.29) is 16.7 Å². The van der Waals surface area contributed by atoms with Crippen LogP contribution in [0.2, 0.25) is 5.02 Å². The molecule has 0 spiro atoms. The molecule has 0 aromatic heterocycles. The number of benzene rings is 2. The first-order valence-corrected chi connectivity index (χ1v) is 13.2. The van der Waals surface area contributed by atoms with Gasteiger partial charge in [-0.25, -0.2) is 9.59 Å².